The van der Waals surface area contributed by atoms with Crippen LogP contribution in [0.1, 0.15) is 20.8 Å². The maximum atomic E-state index is 12.1. The number of nitrogens with one attached hydrogen (secondary N) is 1. The molecule has 0 aliphatic rings. The Bertz CT molecular complexity index is 956. The first kappa shape index (κ1) is 24.8. The zero-order chi connectivity index (χ0) is 23.7. The Morgan fingerprint density at radius 3 is 2.03 bits per heavy atom. The zero-order valence-corrected chi connectivity index (χ0v) is 20.4. The number of aliphatic hydroxyl groups is 1. The average Bonchev–Trinajstić information content (AvgIpc) is 2.82. The van der Waals surface area contributed by atoms with Gasteiger partial charge in [0.25, 0.3) is 14.2 Å². The lowest BCUT2D eigenvalue weighted by atomic mass is 10.2. The fourth-order valence-electron chi connectivity index (χ4n) is 3.93. The van der Waals surface area contributed by atoms with Gasteiger partial charge < -0.3 is 19.6 Å². The van der Waals surface area contributed by atoms with Crippen LogP contribution in [0.2, 0.25) is 5.04 Å². The van der Waals surface area contributed by atoms with Crippen LogP contribution in [0.3, 0.4) is 0 Å². The summed E-state index contributed by atoms with van der Waals surface area (Å²) in [5.41, 5.74) is 0. The number of aromatic nitrogens is 1. The van der Waals surface area contributed by atoms with Crippen LogP contribution in [0.15, 0.2) is 85.1 Å². The Labute approximate surface area is 196 Å². The van der Waals surface area contributed by atoms with Gasteiger partial charge in [0.1, 0.15) is 5.82 Å². The number of amides is 1. The molecule has 3 rings (SSSR count). The van der Waals surface area contributed by atoms with E-state index in [1.54, 1.807) is 24.4 Å². The Hall–Kier alpha value is -2.84. The summed E-state index contributed by atoms with van der Waals surface area (Å²) in [5, 5.41) is 15.0. The molecule has 33 heavy (non-hydrogen) atoms. The number of ether oxygens (including phenoxy) is 1. The molecule has 0 bridgehead atoms. The van der Waals surface area contributed by atoms with Crippen LogP contribution in [-0.4, -0.2) is 50.2 Å². The average molecular weight is 465 g/mol. The lowest BCUT2D eigenvalue weighted by Gasteiger charge is -2.43. The van der Waals surface area contributed by atoms with Crippen molar-refractivity contribution >= 4 is 30.4 Å². The van der Waals surface area contributed by atoms with Crippen molar-refractivity contribution in [3.05, 3.63) is 85.1 Å². The second-order valence-corrected chi connectivity index (χ2v) is 13.1. The highest BCUT2D eigenvalue weighted by Crippen LogP contribution is 2.36. The molecule has 3 aromatic rings. The SMILES string of the molecule is CC(C)(C)[Si](OCCOCC(O)C(=O)Nc1ccccn1)(c1ccccc1)c1ccccc1. The van der Waals surface area contributed by atoms with Gasteiger partial charge in [-0.1, -0.05) is 87.5 Å². The molecule has 0 spiro atoms. The van der Waals surface area contributed by atoms with Gasteiger partial charge in [0.05, 0.1) is 19.8 Å². The first-order valence-electron chi connectivity index (χ1n) is 11.1. The fourth-order valence-corrected chi connectivity index (χ4v) is 8.48. The predicted molar refractivity (Wildman–Crippen MR) is 133 cm³/mol. The van der Waals surface area contributed by atoms with E-state index >= 15 is 0 Å². The Morgan fingerprint density at radius 2 is 1.52 bits per heavy atom. The molecule has 0 radical (unpaired) electrons. The minimum atomic E-state index is -2.63. The highest BCUT2D eigenvalue weighted by atomic mass is 28.4. The molecule has 0 aliphatic carbocycles. The maximum Gasteiger partial charge on any atom is 0.261 e. The number of carbonyl (C=O) groups excluding carboxylic acids is 1. The van der Waals surface area contributed by atoms with Crippen LogP contribution in [0.25, 0.3) is 0 Å². The van der Waals surface area contributed by atoms with Crippen LogP contribution in [-0.2, 0) is 14.0 Å². The normalized spacial score (nSPS) is 12.8. The van der Waals surface area contributed by atoms with E-state index in [1.807, 2.05) is 36.4 Å². The molecule has 2 aromatic carbocycles. The number of rotatable bonds is 10. The standard InChI is InChI=1S/C26H32N2O4Si/c1-26(2,3)33(21-12-6-4-7-13-21,22-14-8-5-9-15-22)32-19-18-31-20-23(29)25(30)28-24-16-10-11-17-27-24/h4-17,23,29H,18-20H2,1-3H3,(H,27,28,30). The van der Waals surface area contributed by atoms with Gasteiger partial charge in [-0.25, -0.2) is 4.98 Å². The largest absolute Gasteiger partial charge is 0.405 e. The Balaban J connectivity index is 1.64. The van der Waals surface area contributed by atoms with Crippen molar-refractivity contribution in [2.45, 2.75) is 31.9 Å². The summed E-state index contributed by atoms with van der Waals surface area (Å²) in [6.07, 6.45) is 0.278. The monoisotopic (exact) mass is 464 g/mol. The van der Waals surface area contributed by atoms with Crippen molar-refractivity contribution in [3.8, 4) is 0 Å². The summed E-state index contributed by atoms with van der Waals surface area (Å²) in [7, 11) is -2.63. The molecule has 1 amide bonds. The van der Waals surface area contributed by atoms with E-state index in [9.17, 15) is 9.90 Å². The molecule has 2 N–H and O–H groups in total. The lowest BCUT2D eigenvalue weighted by molar-refractivity contribution is -0.127. The van der Waals surface area contributed by atoms with Crippen molar-refractivity contribution in [1.29, 1.82) is 0 Å². The van der Waals surface area contributed by atoms with E-state index in [4.69, 9.17) is 9.16 Å². The summed E-state index contributed by atoms with van der Waals surface area (Å²) in [6.45, 7) is 7.13. The van der Waals surface area contributed by atoms with Gasteiger partial charge in [-0.05, 0) is 27.5 Å². The molecule has 0 fully saturated rings. The minimum Gasteiger partial charge on any atom is -0.405 e. The predicted octanol–water partition coefficient (Wildman–Crippen LogP) is 2.97. The molecule has 0 saturated carbocycles. The Morgan fingerprint density at radius 1 is 0.939 bits per heavy atom. The van der Waals surface area contributed by atoms with Crippen molar-refractivity contribution < 1.29 is 19.1 Å². The zero-order valence-electron chi connectivity index (χ0n) is 19.4. The molecular weight excluding hydrogens is 432 g/mol. The molecule has 1 heterocycles. The number of aliphatic hydroxyl groups excluding tert-OH is 1. The summed E-state index contributed by atoms with van der Waals surface area (Å²) >= 11 is 0. The van der Waals surface area contributed by atoms with Gasteiger partial charge in [0, 0.05) is 6.20 Å². The minimum absolute atomic E-state index is 0.122. The second-order valence-electron chi connectivity index (χ2n) is 8.81. The smallest absolute Gasteiger partial charge is 0.261 e. The van der Waals surface area contributed by atoms with Gasteiger partial charge in [0.15, 0.2) is 6.10 Å². The third kappa shape index (κ3) is 6.14. The van der Waals surface area contributed by atoms with Gasteiger partial charge in [-0.3, -0.25) is 4.79 Å². The number of anilines is 1. The molecule has 1 aromatic heterocycles. The van der Waals surface area contributed by atoms with E-state index in [-0.39, 0.29) is 18.3 Å². The molecular formula is C26H32N2O4Si. The second kappa shape index (κ2) is 11.3. The van der Waals surface area contributed by atoms with Crippen LogP contribution in [0.5, 0.6) is 0 Å². The summed E-state index contributed by atoms with van der Waals surface area (Å²) in [5.74, 6) is -0.168. The summed E-state index contributed by atoms with van der Waals surface area (Å²) in [4.78, 5) is 16.2. The first-order valence-corrected chi connectivity index (χ1v) is 13.0. The molecule has 1 unspecified atom stereocenters. The summed E-state index contributed by atoms with van der Waals surface area (Å²) < 4.78 is 12.3. The lowest BCUT2D eigenvalue weighted by Crippen LogP contribution is -2.66. The number of carbonyl (C=O) groups is 1. The van der Waals surface area contributed by atoms with Gasteiger partial charge >= 0.3 is 0 Å². The first-order chi connectivity index (χ1) is 15.8. The van der Waals surface area contributed by atoms with E-state index in [2.05, 4.69) is 55.3 Å². The van der Waals surface area contributed by atoms with Gasteiger partial charge in [-0.2, -0.15) is 0 Å². The van der Waals surface area contributed by atoms with Crippen LogP contribution >= 0.6 is 0 Å². The van der Waals surface area contributed by atoms with Crippen molar-refractivity contribution in [3.63, 3.8) is 0 Å². The maximum absolute atomic E-state index is 12.1. The molecule has 0 saturated heterocycles. The molecule has 7 heteroatoms. The number of hydrogen-bond donors (Lipinski definition) is 2. The van der Waals surface area contributed by atoms with Crippen LogP contribution in [0.4, 0.5) is 5.82 Å². The van der Waals surface area contributed by atoms with E-state index in [0.717, 1.165) is 0 Å². The van der Waals surface area contributed by atoms with Crippen LogP contribution < -0.4 is 15.7 Å². The van der Waals surface area contributed by atoms with Crippen LogP contribution in [0, 0.1) is 0 Å². The number of benzene rings is 2. The third-order valence-electron chi connectivity index (χ3n) is 5.46. The molecule has 6 nitrogen and oxygen atoms in total. The quantitative estimate of drug-likeness (QED) is 0.356. The van der Waals surface area contributed by atoms with Gasteiger partial charge in [0.2, 0.25) is 0 Å². The number of pyridine rings is 1. The van der Waals surface area contributed by atoms with E-state index < -0.39 is 20.3 Å². The van der Waals surface area contributed by atoms with E-state index in [0.29, 0.717) is 12.4 Å². The summed E-state index contributed by atoms with van der Waals surface area (Å²) in [6, 6.07) is 25.9. The van der Waals surface area contributed by atoms with Crippen molar-refractivity contribution in [2.75, 3.05) is 25.1 Å². The highest BCUT2D eigenvalue weighted by Gasteiger charge is 2.50. The van der Waals surface area contributed by atoms with Crippen molar-refractivity contribution in [1.82, 2.24) is 4.98 Å². The Kier molecular flexibility index (Phi) is 8.52. The topological polar surface area (TPSA) is 80.7 Å². The number of hydrogen-bond acceptors (Lipinski definition) is 5. The van der Waals surface area contributed by atoms with Crippen molar-refractivity contribution in [2.24, 2.45) is 0 Å². The van der Waals surface area contributed by atoms with Gasteiger partial charge in [-0.15, -0.1) is 0 Å². The molecule has 0 aliphatic heterocycles. The fraction of sp³-hybridized carbons (Fsp3) is 0.308. The highest BCUT2D eigenvalue weighted by molar-refractivity contribution is 6.99. The third-order valence-corrected chi connectivity index (χ3v) is 10.5. The molecule has 1 atom stereocenters. The van der Waals surface area contributed by atoms with E-state index in [1.165, 1.54) is 10.4 Å². The molecule has 174 valence electrons. The number of nitrogens with zero attached hydrogens (tertiary/aromatic N) is 1.